The number of para-hydroxylation sites is 2. The second kappa shape index (κ2) is 5.22. The predicted octanol–water partition coefficient (Wildman–Crippen LogP) is 3.87. The third-order valence-corrected chi connectivity index (χ3v) is 6.13. The number of benzene rings is 2. The molecule has 0 spiro atoms. The highest BCUT2D eigenvalue weighted by atomic mass is 31.2. The minimum absolute atomic E-state index is 0.125. The van der Waals surface area contributed by atoms with E-state index >= 15 is 0 Å². The van der Waals surface area contributed by atoms with Crippen molar-refractivity contribution in [2.45, 2.75) is 13.8 Å². The largest absolute Gasteiger partial charge is 0.633 e. The topological polar surface area (TPSA) is 53.5 Å². The number of rotatable bonds is 1. The lowest BCUT2D eigenvalue weighted by atomic mass is 9.96. The van der Waals surface area contributed by atoms with Crippen LogP contribution in [-0.2, 0) is 9.05 Å². The van der Waals surface area contributed by atoms with E-state index in [0.29, 0.717) is 18.9 Å². The average Bonchev–Trinajstić information content (AvgIpc) is 2.55. The lowest BCUT2D eigenvalue weighted by Gasteiger charge is -2.46. The highest BCUT2D eigenvalue weighted by Gasteiger charge is 2.48. The van der Waals surface area contributed by atoms with E-state index in [1.54, 1.807) is 0 Å². The van der Waals surface area contributed by atoms with Crippen LogP contribution in [-0.4, -0.2) is 13.2 Å². The molecule has 23 heavy (non-hydrogen) atoms. The van der Waals surface area contributed by atoms with Crippen molar-refractivity contribution in [1.29, 1.82) is 0 Å². The molecule has 0 radical (unpaired) electrons. The molecule has 2 aromatic rings. The molecule has 1 N–H and O–H groups in total. The van der Waals surface area contributed by atoms with E-state index in [1.807, 2.05) is 62.4 Å². The highest BCUT2D eigenvalue weighted by molar-refractivity contribution is 7.63. The van der Waals surface area contributed by atoms with Crippen molar-refractivity contribution in [1.82, 2.24) is 0 Å². The fraction of sp³-hybridized carbons (Fsp3) is 0.278. The van der Waals surface area contributed by atoms with Gasteiger partial charge in [-0.2, -0.15) is 0 Å². The highest BCUT2D eigenvalue weighted by Crippen LogP contribution is 2.71. The Balaban J connectivity index is 1.82. The van der Waals surface area contributed by atoms with Crippen LogP contribution < -0.4 is 10.2 Å². The minimum Gasteiger partial charge on any atom is -0.633 e. The molecule has 0 bridgehead atoms. The second-order valence-corrected chi connectivity index (χ2v) is 8.73. The van der Waals surface area contributed by atoms with Crippen molar-refractivity contribution in [2.75, 3.05) is 18.5 Å². The molecule has 120 valence electrons. The number of hydrogen-bond acceptors (Lipinski definition) is 4. The van der Waals surface area contributed by atoms with Crippen LogP contribution in [0.3, 0.4) is 0 Å². The molecule has 0 unspecified atom stereocenters. The Morgan fingerprint density at radius 2 is 1.43 bits per heavy atom. The van der Waals surface area contributed by atoms with Gasteiger partial charge in [0.05, 0.1) is 5.66 Å². The molecule has 1 saturated heterocycles. The third kappa shape index (κ3) is 2.52. The van der Waals surface area contributed by atoms with E-state index in [1.165, 1.54) is 0 Å². The van der Waals surface area contributed by atoms with E-state index in [0.717, 1.165) is 22.5 Å². The maximum atomic E-state index is 13.5. The number of fused-ring (bicyclic) bond motifs is 2. The van der Waals surface area contributed by atoms with Crippen LogP contribution in [0.25, 0.3) is 0 Å². The van der Waals surface area contributed by atoms with Gasteiger partial charge in [-0.15, -0.1) is 12.1 Å². The number of hydrogen-bond donors (Lipinski definition) is 1. The zero-order valence-electron chi connectivity index (χ0n) is 13.2. The van der Waals surface area contributed by atoms with Crippen LogP contribution in [0, 0.1) is 11.1 Å². The first-order valence-corrected chi connectivity index (χ1v) is 9.25. The van der Waals surface area contributed by atoms with Crippen molar-refractivity contribution in [3.8, 4) is 0 Å². The summed E-state index contributed by atoms with van der Waals surface area (Å²) in [6, 6.07) is 15.7. The van der Waals surface area contributed by atoms with Crippen molar-refractivity contribution in [3.05, 3.63) is 65.3 Å². The quantitative estimate of drug-likeness (QED) is 0.638. The lowest BCUT2D eigenvalue weighted by molar-refractivity contribution is -0.231. The van der Waals surface area contributed by atoms with E-state index in [2.05, 4.69) is 5.32 Å². The number of anilines is 2. The van der Waals surface area contributed by atoms with Crippen LogP contribution in [0.5, 0.6) is 0 Å². The van der Waals surface area contributed by atoms with E-state index < -0.39 is 7.94 Å². The molecule has 2 heterocycles. The average molecular weight is 328 g/mol. The van der Waals surface area contributed by atoms with Crippen molar-refractivity contribution in [2.24, 2.45) is 5.41 Å². The normalized spacial score (nSPS) is 21.1. The van der Waals surface area contributed by atoms with Gasteiger partial charge in [0.1, 0.15) is 13.2 Å². The van der Waals surface area contributed by atoms with Gasteiger partial charge in [0.25, 0.3) is 0 Å². The van der Waals surface area contributed by atoms with Crippen LogP contribution in [0.4, 0.5) is 11.4 Å². The van der Waals surface area contributed by atoms with Gasteiger partial charge in [0, 0.05) is 5.41 Å². The van der Waals surface area contributed by atoms with E-state index in [9.17, 15) is 4.89 Å². The first-order valence-electron chi connectivity index (χ1n) is 7.71. The van der Waals surface area contributed by atoms with Gasteiger partial charge >= 0.3 is 0 Å². The molecule has 0 aliphatic carbocycles. The first-order chi connectivity index (χ1) is 11.0. The standard InChI is InChI=1S/C18H19NO3P/c1-18(2)11-21-23(20,22-12-18)17-13-7-3-5-9-15(13)19-16-10-6-4-8-14(16)17/h3-10,19H,11-12H2,1-2H3/q-1. The minimum atomic E-state index is -3.36. The van der Waals surface area contributed by atoms with Crippen molar-refractivity contribution >= 4 is 19.3 Å². The number of nitrogens with one attached hydrogen (secondary N) is 1. The fourth-order valence-corrected chi connectivity index (χ4v) is 5.26. The zero-order valence-corrected chi connectivity index (χ0v) is 14.1. The Labute approximate surface area is 137 Å². The summed E-state index contributed by atoms with van der Waals surface area (Å²) in [7, 11) is -3.36. The Hall–Kier alpha value is -1.58. The molecule has 0 atom stereocenters. The molecule has 0 aromatic heterocycles. The van der Waals surface area contributed by atoms with Crippen LogP contribution in [0.1, 0.15) is 25.0 Å². The van der Waals surface area contributed by atoms with Crippen LogP contribution in [0.2, 0.25) is 0 Å². The Bertz CT molecular complexity index is 691. The molecule has 0 amide bonds. The van der Waals surface area contributed by atoms with E-state index in [4.69, 9.17) is 9.05 Å². The Kier molecular flexibility index (Phi) is 3.40. The van der Waals surface area contributed by atoms with Crippen LogP contribution >= 0.6 is 7.94 Å². The van der Waals surface area contributed by atoms with Gasteiger partial charge in [-0.25, -0.2) is 9.05 Å². The van der Waals surface area contributed by atoms with E-state index in [-0.39, 0.29) is 5.41 Å². The van der Waals surface area contributed by atoms with Crippen molar-refractivity contribution < 1.29 is 13.9 Å². The maximum Gasteiger partial charge on any atom is 0.240 e. The summed E-state index contributed by atoms with van der Waals surface area (Å²) in [5.41, 5.74) is 4.16. The van der Waals surface area contributed by atoms with Gasteiger partial charge in [-0.3, -0.25) is 0 Å². The van der Waals surface area contributed by atoms with Gasteiger partial charge in [-0.1, -0.05) is 61.4 Å². The zero-order chi connectivity index (χ0) is 16.1. The van der Waals surface area contributed by atoms with Gasteiger partial charge in [0.15, 0.2) is 0 Å². The second-order valence-electron chi connectivity index (χ2n) is 6.77. The molecule has 5 heteroatoms. The molecule has 1 fully saturated rings. The Morgan fingerprint density at radius 3 is 1.96 bits per heavy atom. The Morgan fingerprint density at radius 1 is 0.957 bits per heavy atom. The summed E-state index contributed by atoms with van der Waals surface area (Å²) in [5.74, 6) is 0. The molecule has 4 rings (SSSR count). The summed E-state index contributed by atoms with van der Waals surface area (Å²) >= 11 is 0. The molecular weight excluding hydrogens is 309 g/mol. The molecule has 4 nitrogen and oxygen atoms in total. The molecule has 2 aliphatic rings. The third-order valence-electron chi connectivity index (χ3n) is 4.16. The van der Waals surface area contributed by atoms with Crippen LogP contribution in [0.15, 0.2) is 48.5 Å². The van der Waals surface area contributed by atoms with Crippen molar-refractivity contribution in [3.63, 3.8) is 0 Å². The summed E-state index contributed by atoms with van der Waals surface area (Å²) in [5, 5.41) is 3.39. The smallest absolute Gasteiger partial charge is 0.240 e. The summed E-state index contributed by atoms with van der Waals surface area (Å²) in [4.78, 5) is 13.5. The SMILES string of the molecule is CC1(C)CO[P+]([O-])([C-]2c3ccccc3Nc3ccccc32)OC1. The molecule has 2 aromatic carbocycles. The molecular formula is C18H19NO3P-. The summed E-state index contributed by atoms with van der Waals surface area (Å²) in [6.45, 7) is 4.94. The monoisotopic (exact) mass is 328 g/mol. The first kappa shape index (κ1) is 15.0. The van der Waals surface area contributed by atoms with Gasteiger partial charge in [0.2, 0.25) is 7.94 Å². The van der Waals surface area contributed by atoms with Gasteiger partial charge < -0.3 is 10.2 Å². The predicted molar refractivity (Wildman–Crippen MR) is 90.2 cm³/mol. The summed E-state index contributed by atoms with van der Waals surface area (Å²) < 4.78 is 11.6. The molecule has 2 aliphatic heterocycles. The fourth-order valence-electron chi connectivity index (χ4n) is 2.91. The molecule has 0 saturated carbocycles. The summed E-state index contributed by atoms with van der Waals surface area (Å²) in [6.07, 6.45) is 0. The maximum absolute atomic E-state index is 13.5. The lowest BCUT2D eigenvalue weighted by Crippen LogP contribution is -2.38. The van der Waals surface area contributed by atoms with Gasteiger partial charge in [-0.05, 0) is 11.4 Å².